The molecule has 0 saturated carbocycles. The standard InChI is InChI=1S/C27H28N7/c1-32(2)23-13-15-33(16-14-23)24-11-9-21(10-12-24)4-3-20-5-7-22(8-6-20)17-34-19-31-25-26(28)29-18-30-27(25)34/h5-16,18-19H,3-4,17H2,1-2H3,(H2,28,29,30)/q+1/p+1. The fraction of sp³-hybridized carbons (Fsp3) is 0.185. The van der Waals surface area contributed by atoms with Crippen molar-refractivity contribution in [2.75, 3.05) is 24.7 Å². The Balaban J connectivity index is 1.19. The predicted molar refractivity (Wildman–Crippen MR) is 134 cm³/mol. The van der Waals surface area contributed by atoms with E-state index in [0.29, 0.717) is 5.82 Å². The lowest BCUT2D eigenvalue weighted by molar-refractivity contribution is -0.664. The number of pyridine rings is 1. The Kier molecular flexibility index (Phi) is 5.91. The summed E-state index contributed by atoms with van der Waals surface area (Å²) in [5.41, 5.74) is 13.7. The highest BCUT2D eigenvalue weighted by molar-refractivity contribution is 5.77. The van der Waals surface area contributed by atoms with E-state index < -0.39 is 0 Å². The molecule has 34 heavy (non-hydrogen) atoms. The van der Waals surface area contributed by atoms with Gasteiger partial charge in [-0.15, -0.1) is 0 Å². The number of nitrogens with one attached hydrogen (secondary N) is 1. The molecule has 0 fully saturated rings. The van der Waals surface area contributed by atoms with Gasteiger partial charge in [0.2, 0.25) is 11.2 Å². The SMILES string of the molecule is CN(C)c1cc[n+](-c2ccc(CCc3ccc(C[n+]4c[nH]c5c(N)ncnc54)cc3)cc2)cc1. The van der Waals surface area contributed by atoms with Gasteiger partial charge in [-0.3, -0.25) is 4.98 Å². The van der Waals surface area contributed by atoms with Crippen molar-refractivity contribution in [3.8, 4) is 5.69 Å². The number of nitrogens with two attached hydrogens (primary N) is 1. The summed E-state index contributed by atoms with van der Waals surface area (Å²) >= 11 is 0. The number of imidazole rings is 1. The van der Waals surface area contributed by atoms with Crippen molar-refractivity contribution >= 4 is 22.7 Å². The van der Waals surface area contributed by atoms with Gasteiger partial charge in [-0.05, 0) is 29.5 Å². The van der Waals surface area contributed by atoms with Gasteiger partial charge in [0.15, 0.2) is 30.9 Å². The number of fused-ring (bicyclic) bond motifs is 1. The Labute approximate surface area is 199 Å². The van der Waals surface area contributed by atoms with Gasteiger partial charge in [0, 0.05) is 44.0 Å². The number of aromatic nitrogens is 5. The Morgan fingerprint density at radius 1 is 0.824 bits per heavy atom. The minimum absolute atomic E-state index is 0.466. The molecular formula is C27H29N7+2. The summed E-state index contributed by atoms with van der Waals surface area (Å²) in [6.07, 6.45) is 9.61. The van der Waals surface area contributed by atoms with Gasteiger partial charge in [0.05, 0.1) is 6.54 Å². The molecule has 5 aromatic rings. The van der Waals surface area contributed by atoms with Crippen LogP contribution in [0.25, 0.3) is 16.9 Å². The normalized spacial score (nSPS) is 11.1. The van der Waals surface area contributed by atoms with Crippen LogP contribution in [0.3, 0.4) is 0 Å². The number of H-pyrrole nitrogens is 1. The maximum absolute atomic E-state index is 5.92. The summed E-state index contributed by atoms with van der Waals surface area (Å²) in [6, 6.07) is 21.8. The van der Waals surface area contributed by atoms with Crippen LogP contribution in [0, 0.1) is 0 Å². The van der Waals surface area contributed by atoms with Crippen LogP contribution in [-0.4, -0.2) is 29.0 Å². The van der Waals surface area contributed by atoms with E-state index in [4.69, 9.17) is 5.73 Å². The van der Waals surface area contributed by atoms with Crippen molar-refractivity contribution in [1.82, 2.24) is 15.0 Å². The third kappa shape index (κ3) is 4.59. The number of benzene rings is 2. The first kappa shape index (κ1) is 21.6. The van der Waals surface area contributed by atoms with E-state index in [0.717, 1.165) is 30.6 Å². The average molecular weight is 452 g/mol. The summed E-state index contributed by atoms with van der Waals surface area (Å²) in [5, 5.41) is 0. The Morgan fingerprint density at radius 2 is 1.44 bits per heavy atom. The van der Waals surface area contributed by atoms with Gasteiger partial charge >= 0.3 is 5.65 Å². The highest BCUT2D eigenvalue weighted by atomic mass is 15.1. The zero-order chi connectivity index (χ0) is 23.5. The van der Waals surface area contributed by atoms with Crippen LogP contribution in [0.1, 0.15) is 16.7 Å². The molecule has 0 radical (unpaired) electrons. The molecule has 0 unspecified atom stereocenters. The maximum Gasteiger partial charge on any atom is 0.307 e. The second-order valence-electron chi connectivity index (χ2n) is 8.70. The van der Waals surface area contributed by atoms with Gasteiger partial charge in [-0.1, -0.05) is 41.4 Å². The van der Waals surface area contributed by atoms with E-state index in [2.05, 4.69) is 116 Å². The topological polar surface area (TPSA) is 78.6 Å². The predicted octanol–water partition coefficient (Wildman–Crippen LogP) is 3.00. The minimum atomic E-state index is 0.466. The number of nitrogen functional groups attached to an aromatic ring is 1. The van der Waals surface area contributed by atoms with Crippen molar-refractivity contribution in [2.24, 2.45) is 0 Å². The van der Waals surface area contributed by atoms with Gasteiger partial charge in [0.25, 0.3) is 0 Å². The molecular weight excluding hydrogens is 422 g/mol. The summed E-state index contributed by atoms with van der Waals surface area (Å²) in [6.45, 7) is 0.728. The molecule has 0 atom stereocenters. The van der Waals surface area contributed by atoms with Crippen molar-refractivity contribution in [2.45, 2.75) is 19.4 Å². The van der Waals surface area contributed by atoms with E-state index in [9.17, 15) is 0 Å². The van der Waals surface area contributed by atoms with Crippen molar-refractivity contribution < 1.29 is 9.13 Å². The number of hydrogen-bond donors (Lipinski definition) is 2. The molecule has 170 valence electrons. The average Bonchev–Trinajstić information content (AvgIpc) is 3.28. The van der Waals surface area contributed by atoms with Gasteiger partial charge < -0.3 is 10.6 Å². The molecule has 2 aromatic carbocycles. The summed E-state index contributed by atoms with van der Waals surface area (Å²) < 4.78 is 4.19. The van der Waals surface area contributed by atoms with Crippen LogP contribution in [0.5, 0.6) is 0 Å². The summed E-state index contributed by atoms with van der Waals surface area (Å²) in [5.74, 6) is 0.466. The molecule has 7 heteroatoms. The van der Waals surface area contributed by atoms with Gasteiger partial charge in [0.1, 0.15) is 0 Å². The highest BCUT2D eigenvalue weighted by Gasteiger charge is 2.14. The lowest BCUT2D eigenvalue weighted by Gasteiger charge is -2.10. The second-order valence-corrected chi connectivity index (χ2v) is 8.70. The van der Waals surface area contributed by atoms with Crippen LogP contribution in [0.4, 0.5) is 11.5 Å². The summed E-state index contributed by atoms with van der Waals surface area (Å²) in [4.78, 5) is 13.6. The quantitative estimate of drug-likeness (QED) is 0.373. The number of anilines is 2. The monoisotopic (exact) mass is 451 g/mol. The molecule has 3 N–H and O–H groups in total. The number of aromatic amines is 1. The lowest BCUT2D eigenvalue weighted by Crippen LogP contribution is -2.33. The smallest absolute Gasteiger partial charge is 0.307 e. The number of hydrogen-bond acceptors (Lipinski definition) is 4. The van der Waals surface area contributed by atoms with E-state index >= 15 is 0 Å². The van der Waals surface area contributed by atoms with Crippen molar-refractivity contribution in [1.29, 1.82) is 0 Å². The Hall–Kier alpha value is -4.26. The molecule has 0 bridgehead atoms. The molecule has 0 amide bonds. The zero-order valence-corrected chi connectivity index (χ0v) is 19.5. The zero-order valence-electron chi connectivity index (χ0n) is 19.5. The van der Waals surface area contributed by atoms with Crippen molar-refractivity contribution in [3.05, 3.63) is 102 Å². The first-order valence-electron chi connectivity index (χ1n) is 11.4. The fourth-order valence-electron chi connectivity index (χ4n) is 4.09. The number of nitrogens with zero attached hydrogens (tertiary/aromatic N) is 5. The molecule has 0 spiro atoms. The van der Waals surface area contributed by atoms with E-state index in [1.165, 1.54) is 34.4 Å². The fourth-order valence-corrected chi connectivity index (χ4v) is 4.09. The van der Waals surface area contributed by atoms with E-state index in [1.54, 1.807) is 0 Å². The molecule has 0 aliphatic heterocycles. The highest BCUT2D eigenvalue weighted by Crippen LogP contribution is 2.13. The maximum atomic E-state index is 5.92. The van der Waals surface area contributed by atoms with Gasteiger partial charge in [-0.25, -0.2) is 4.57 Å². The van der Waals surface area contributed by atoms with Crippen LogP contribution in [0.2, 0.25) is 0 Å². The first-order chi connectivity index (χ1) is 16.6. The van der Waals surface area contributed by atoms with Crippen LogP contribution in [-0.2, 0) is 19.4 Å². The number of aryl methyl sites for hydroxylation is 2. The minimum Gasteiger partial charge on any atom is -0.380 e. The first-order valence-corrected chi connectivity index (χ1v) is 11.4. The van der Waals surface area contributed by atoms with Crippen LogP contribution in [0.15, 0.2) is 85.7 Å². The summed E-state index contributed by atoms with van der Waals surface area (Å²) in [7, 11) is 4.10. The van der Waals surface area contributed by atoms with E-state index in [-0.39, 0.29) is 0 Å². The molecule has 3 heterocycles. The molecule has 0 aliphatic rings. The molecule has 7 nitrogen and oxygen atoms in total. The van der Waals surface area contributed by atoms with E-state index in [1.807, 2.05) is 6.33 Å². The lowest BCUT2D eigenvalue weighted by atomic mass is 10.0. The second kappa shape index (κ2) is 9.31. The largest absolute Gasteiger partial charge is 0.380 e. The van der Waals surface area contributed by atoms with Crippen molar-refractivity contribution in [3.63, 3.8) is 0 Å². The van der Waals surface area contributed by atoms with Crippen LogP contribution < -0.4 is 19.8 Å². The third-order valence-corrected chi connectivity index (χ3v) is 6.13. The Bertz CT molecular complexity index is 1390. The molecule has 0 saturated heterocycles. The number of rotatable bonds is 7. The molecule has 0 aliphatic carbocycles. The molecule has 3 aromatic heterocycles. The Morgan fingerprint density at radius 3 is 2.09 bits per heavy atom. The van der Waals surface area contributed by atoms with Crippen LogP contribution >= 0.6 is 0 Å². The van der Waals surface area contributed by atoms with Gasteiger partial charge in [-0.2, -0.15) is 9.55 Å². The third-order valence-electron chi connectivity index (χ3n) is 6.13. The molecule has 5 rings (SSSR count).